The number of carbonyl (C=O) groups is 1. The number of thioether (sulfide) groups is 1. The Balaban J connectivity index is 1.63. The first-order valence-corrected chi connectivity index (χ1v) is 9.75. The Morgan fingerprint density at radius 3 is 2.65 bits per heavy atom. The molecular weight excluding hydrogens is 420 g/mol. The summed E-state index contributed by atoms with van der Waals surface area (Å²) in [5, 5.41) is 7.49. The van der Waals surface area contributed by atoms with Crippen molar-refractivity contribution in [3.8, 4) is 5.69 Å². The van der Waals surface area contributed by atoms with Gasteiger partial charge in [-0.05, 0) is 48.6 Å². The van der Waals surface area contributed by atoms with Crippen molar-refractivity contribution in [3.05, 3.63) is 63.1 Å². The molecule has 2 aromatic carbocycles. The second-order valence-electron chi connectivity index (χ2n) is 4.99. The summed E-state index contributed by atoms with van der Waals surface area (Å²) < 4.78 is 28.8. The third-order valence-electron chi connectivity index (χ3n) is 3.13. The van der Waals surface area contributed by atoms with Crippen LogP contribution in [-0.4, -0.2) is 21.4 Å². The lowest BCUT2D eigenvalue weighted by Gasteiger charge is -2.04. The Bertz CT molecular complexity index is 1000. The highest BCUT2D eigenvalue weighted by Gasteiger charge is 2.11. The molecule has 0 aliphatic rings. The summed E-state index contributed by atoms with van der Waals surface area (Å²) in [6.07, 6.45) is 0. The summed E-state index contributed by atoms with van der Waals surface area (Å²) in [6, 6.07) is 10.2. The number of rotatable bonds is 5. The summed E-state index contributed by atoms with van der Waals surface area (Å²) in [5.41, 5.74) is 0.961. The van der Waals surface area contributed by atoms with Crippen molar-refractivity contribution in [2.75, 3.05) is 11.1 Å². The molecule has 3 rings (SSSR count). The van der Waals surface area contributed by atoms with Gasteiger partial charge in [0.15, 0.2) is 19.9 Å². The molecule has 0 spiro atoms. The first-order chi connectivity index (χ1) is 12.4. The number of nitrogens with one attached hydrogen (secondary N) is 1. The zero-order valence-corrected chi connectivity index (χ0v) is 16.1. The highest BCUT2D eigenvalue weighted by molar-refractivity contribution is 8.01. The molecule has 4 nitrogen and oxygen atoms in total. The number of hydrogen-bond acceptors (Lipinski definition) is 5. The normalized spacial score (nSPS) is 10.7. The average Bonchev–Trinajstić information content (AvgIpc) is 2.98. The van der Waals surface area contributed by atoms with Gasteiger partial charge in [-0.2, -0.15) is 0 Å². The van der Waals surface area contributed by atoms with Gasteiger partial charge in [-0.3, -0.25) is 4.79 Å². The van der Waals surface area contributed by atoms with E-state index in [1.54, 1.807) is 28.9 Å². The van der Waals surface area contributed by atoms with E-state index < -0.39 is 11.6 Å². The van der Waals surface area contributed by atoms with Crippen LogP contribution < -0.4 is 5.32 Å². The van der Waals surface area contributed by atoms with Gasteiger partial charge in [-0.1, -0.05) is 34.7 Å². The van der Waals surface area contributed by atoms with Gasteiger partial charge in [0.05, 0.1) is 11.4 Å². The molecule has 0 unspecified atom stereocenters. The summed E-state index contributed by atoms with van der Waals surface area (Å²) in [7, 11) is 0. The fourth-order valence-corrected chi connectivity index (χ4v) is 4.25. The molecule has 0 radical (unpaired) electrons. The van der Waals surface area contributed by atoms with Gasteiger partial charge in [-0.15, -0.1) is 5.10 Å². The fraction of sp³-hybridized carbons (Fsp3) is 0.0625. The van der Waals surface area contributed by atoms with Gasteiger partial charge in [0.2, 0.25) is 5.91 Å². The Morgan fingerprint density at radius 1 is 1.23 bits per heavy atom. The first kappa shape index (κ1) is 19.0. The minimum atomic E-state index is -1.02. The lowest BCUT2D eigenvalue weighted by Crippen LogP contribution is -2.14. The van der Waals surface area contributed by atoms with Crippen LogP contribution in [0.4, 0.5) is 14.5 Å². The van der Waals surface area contributed by atoms with Crippen molar-refractivity contribution in [3.63, 3.8) is 0 Å². The SMILES string of the molecule is O=C(CSc1nn(-c2ccc(Cl)cc2)c(=S)s1)Nc1ccc(F)c(F)c1. The molecule has 0 bridgehead atoms. The Labute approximate surface area is 165 Å². The van der Waals surface area contributed by atoms with Crippen LogP contribution in [0.25, 0.3) is 5.69 Å². The lowest BCUT2D eigenvalue weighted by atomic mass is 10.3. The number of nitrogens with zero attached hydrogens (tertiary/aromatic N) is 2. The number of carbonyl (C=O) groups excluding carboxylic acids is 1. The van der Waals surface area contributed by atoms with Crippen LogP contribution in [0.3, 0.4) is 0 Å². The number of amides is 1. The number of anilines is 1. The van der Waals surface area contributed by atoms with Gasteiger partial charge in [-0.25, -0.2) is 13.5 Å². The van der Waals surface area contributed by atoms with Crippen LogP contribution in [0.15, 0.2) is 46.8 Å². The van der Waals surface area contributed by atoms with Crippen molar-refractivity contribution < 1.29 is 13.6 Å². The highest BCUT2D eigenvalue weighted by Crippen LogP contribution is 2.25. The van der Waals surface area contributed by atoms with E-state index in [0.717, 1.165) is 17.8 Å². The van der Waals surface area contributed by atoms with E-state index in [0.29, 0.717) is 13.3 Å². The maximum absolute atomic E-state index is 13.2. The first-order valence-electron chi connectivity index (χ1n) is 7.16. The van der Waals surface area contributed by atoms with Crippen molar-refractivity contribution in [1.29, 1.82) is 0 Å². The largest absolute Gasteiger partial charge is 0.325 e. The van der Waals surface area contributed by atoms with Crippen molar-refractivity contribution in [2.24, 2.45) is 0 Å². The van der Waals surface area contributed by atoms with E-state index in [2.05, 4.69) is 10.4 Å². The molecule has 0 atom stereocenters. The zero-order chi connectivity index (χ0) is 18.7. The molecule has 134 valence electrons. The standard InChI is InChI=1S/C16H10ClF2N3OS3/c17-9-1-4-11(5-2-9)22-16(24)26-15(21-22)25-8-14(23)20-10-3-6-12(18)13(19)7-10/h1-7H,8H2,(H,20,23). The third-order valence-corrected chi connectivity index (χ3v) is 5.75. The number of aromatic nitrogens is 2. The monoisotopic (exact) mass is 429 g/mol. The van der Waals surface area contributed by atoms with E-state index in [4.69, 9.17) is 23.8 Å². The van der Waals surface area contributed by atoms with Gasteiger partial charge in [0.1, 0.15) is 0 Å². The average molecular weight is 430 g/mol. The van der Waals surface area contributed by atoms with Gasteiger partial charge < -0.3 is 5.32 Å². The predicted molar refractivity (Wildman–Crippen MR) is 103 cm³/mol. The van der Waals surface area contributed by atoms with Gasteiger partial charge in [0.25, 0.3) is 0 Å². The molecule has 0 aliphatic heterocycles. The van der Waals surface area contributed by atoms with E-state index in [-0.39, 0.29) is 17.3 Å². The van der Waals surface area contributed by atoms with Crippen LogP contribution in [0, 0.1) is 15.6 Å². The summed E-state index contributed by atoms with van der Waals surface area (Å²) >= 11 is 13.6. The maximum Gasteiger partial charge on any atom is 0.234 e. The highest BCUT2D eigenvalue weighted by atomic mass is 35.5. The second kappa shape index (κ2) is 8.26. The summed E-state index contributed by atoms with van der Waals surface area (Å²) in [6.45, 7) is 0. The summed E-state index contributed by atoms with van der Waals surface area (Å²) in [4.78, 5) is 12.0. The maximum atomic E-state index is 13.2. The molecule has 10 heteroatoms. The minimum Gasteiger partial charge on any atom is -0.325 e. The smallest absolute Gasteiger partial charge is 0.234 e. The number of hydrogen-bond donors (Lipinski definition) is 1. The molecule has 1 aromatic heterocycles. The molecule has 26 heavy (non-hydrogen) atoms. The number of benzene rings is 2. The van der Waals surface area contributed by atoms with Crippen LogP contribution in [0.1, 0.15) is 0 Å². The predicted octanol–water partition coefficient (Wildman–Crippen LogP) is 5.33. The molecule has 0 aliphatic carbocycles. The molecule has 0 fully saturated rings. The zero-order valence-electron chi connectivity index (χ0n) is 12.9. The second-order valence-corrected chi connectivity index (χ2v) is 8.27. The molecule has 0 saturated carbocycles. The van der Waals surface area contributed by atoms with E-state index >= 15 is 0 Å². The van der Waals surface area contributed by atoms with Crippen LogP contribution in [-0.2, 0) is 4.79 Å². The van der Waals surface area contributed by atoms with Crippen LogP contribution >= 0.6 is 46.9 Å². The fourth-order valence-electron chi connectivity index (χ4n) is 1.96. The quantitative estimate of drug-likeness (QED) is 0.440. The molecule has 1 N–H and O–H groups in total. The van der Waals surface area contributed by atoms with Crippen molar-refractivity contribution in [2.45, 2.75) is 4.34 Å². The van der Waals surface area contributed by atoms with Crippen LogP contribution in [0.5, 0.6) is 0 Å². The van der Waals surface area contributed by atoms with Crippen LogP contribution in [0.2, 0.25) is 5.02 Å². The van der Waals surface area contributed by atoms with Gasteiger partial charge >= 0.3 is 0 Å². The van der Waals surface area contributed by atoms with Crippen molar-refractivity contribution in [1.82, 2.24) is 9.78 Å². The molecule has 0 saturated heterocycles. The lowest BCUT2D eigenvalue weighted by molar-refractivity contribution is -0.113. The Hall–Kier alpha value is -1.81. The van der Waals surface area contributed by atoms with E-state index in [9.17, 15) is 13.6 Å². The van der Waals surface area contributed by atoms with Gasteiger partial charge in [0, 0.05) is 16.8 Å². The van der Waals surface area contributed by atoms with Crippen molar-refractivity contribution >= 4 is 58.5 Å². The van der Waals surface area contributed by atoms with E-state index in [1.807, 2.05) is 0 Å². The molecular formula is C16H10ClF2N3OS3. The topological polar surface area (TPSA) is 46.9 Å². The van der Waals surface area contributed by atoms with E-state index in [1.165, 1.54) is 29.2 Å². The number of halogens is 3. The molecule has 1 amide bonds. The summed E-state index contributed by atoms with van der Waals surface area (Å²) in [5.74, 6) is -2.29. The Kier molecular flexibility index (Phi) is 6.02. The molecule has 3 aromatic rings. The Morgan fingerprint density at radius 2 is 1.96 bits per heavy atom. The third kappa shape index (κ3) is 4.67. The minimum absolute atomic E-state index is 0.0574. The molecule has 1 heterocycles.